The second-order valence-electron chi connectivity index (χ2n) is 18.4. The summed E-state index contributed by atoms with van der Waals surface area (Å²) in [7, 11) is 0. The van der Waals surface area contributed by atoms with Crippen LogP contribution in [0.2, 0.25) is 0 Å². The first-order chi connectivity index (χ1) is 29.8. The van der Waals surface area contributed by atoms with E-state index in [0.29, 0.717) is 0 Å². The van der Waals surface area contributed by atoms with Crippen molar-refractivity contribution in [3.8, 4) is 55.6 Å². The van der Waals surface area contributed by atoms with Crippen LogP contribution >= 0.6 is 11.3 Å². The molecule has 0 saturated carbocycles. The Morgan fingerprint density at radius 2 is 0.918 bits per heavy atom. The minimum absolute atomic E-state index is 0.144. The number of benzene rings is 10. The molecule has 1 aromatic heterocycles. The summed E-state index contributed by atoms with van der Waals surface area (Å²) >= 11 is 1.94. The molecule has 2 aliphatic rings. The lowest BCUT2D eigenvalue weighted by Crippen LogP contribution is -2.15. The van der Waals surface area contributed by atoms with E-state index >= 15 is 0 Å². The highest BCUT2D eigenvalue weighted by Crippen LogP contribution is 2.59. The maximum atomic E-state index is 2.52. The summed E-state index contributed by atoms with van der Waals surface area (Å²) in [6.07, 6.45) is 0. The van der Waals surface area contributed by atoms with E-state index in [9.17, 15) is 0 Å². The number of hydrogen-bond donors (Lipinski definition) is 0. The fourth-order valence-electron chi connectivity index (χ4n) is 11.6. The third-order valence-electron chi connectivity index (χ3n) is 14.4. The highest BCUT2D eigenvalue weighted by atomic mass is 32.1. The van der Waals surface area contributed by atoms with E-state index in [1.165, 1.54) is 130 Å². The Kier molecular flexibility index (Phi) is 7.11. The van der Waals surface area contributed by atoms with Gasteiger partial charge in [-0.2, -0.15) is 0 Å². The fraction of sp³-hybridized carbons (Fsp3) is 0.100. The molecule has 2 aliphatic carbocycles. The van der Waals surface area contributed by atoms with Crippen LogP contribution in [0.1, 0.15) is 49.9 Å². The Bertz CT molecular complexity index is 3630. The van der Waals surface area contributed by atoms with Crippen LogP contribution in [-0.4, -0.2) is 0 Å². The first kappa shape index (κ1) is 35.0. The SMILES string of the molecule is CC1(C)c2ccc(-c3cc4sc5cc6ccccc6cc5c4c4c3-c3ccccc3C4(C)C)cc2-c2ccc(-c3c4ccccc4c(-c4ccccc4)c4ccccc34)cc21. The van der Waals surface area contributed by atoms with Gasteiger partial charge in [-0.1, -0.05) is 179 Å². The van der Waals surface area contributed by atoms with E-state index < -0.39 is 0 Å². The van der Waals surface area contributed by atoms with E-state index in [2.05, 4.69) is 210 Å². The Balaban J connectivity index is 1.02. The fourth-order valence-corrected chi connectivity index (χ4v) is 12.8. The van der Waals surface area contributed by atoms with Gasteiger partial charge in [0.2, 0.25) is 0 Å². The summed E-state index contributed by atoms with van der Waals surface area (Å²) < 4.78 is 2.72. The van der Waals surface area contributed by atoms with Crippen molar-refractivity contribution in [3.63, 3.8) is 0 Å². The van der Waals surface area contributed by atoms with E-state index in [1.54, 1.807) is 0 Å². The quantitative estimate of drug-likeness (QED) is 0.156. The Labute approximate surface area is 360 Å². The largest absolute Gasteiger partial charge is 0.135 e. The monoisotopic (exact) mass is 794 g/mol. The van der Waals surface area contributed by atoms with Crippen molar-refractivity contribution in [2.75, 3.05) is 0 Å². The molecule has 10 aromatic carbocycles. The molecule has 288 valence electrons. The molecule has 0 spiro atoms. The molecule has 0 aliphatic heterocycles. The summed E-state index contributed by atoms with van der Waals surface area (Å²) in [5, 5.41) is 10.5. The minimum atomic E-state index is -0.164. The molecule has 0 N–H and O–H groups in total. The molecule has 0 radical (unpaired) electrons. The average molecular weight is 795 g/mol. The lowest BCUT2D eigenvalue weighted by Gasteiger charge is -2.24. The third kappa shape index (κ3) is 4.76. The van der Waals surface area contributed by atoms with Crippen LogP contribution in [0, 0.1) is 0 Å². The van der Waals surface area contributed by atoms with Gasteiger partial charge in [-0.25, -0.2) is 0 Å². The highest BCUT2D eigenvalue weighted by Gasteiger charge is 2.41. The van der Waals surface area contributed by atoms with Crippen LogP contribution in [0.4, 0.5) is 0 Å². The molecular formula is C60H42S. The van der Waals surface area contributed by atoms with Crippen LogP contribution in [0.3, 0.4) is 0 Å². The van der Waals surface area contributed by atoms with Crippen LogP contribution in [-0.2, 0) is 10.8 Å². The van der Waals surface area contributed by atoms with Gasteiger partial charge in [0.1, 0.15) is 0 Å². The normalized spacial score (nSPS) is 14.5. The van der Waals surface area contributed by atoms with Crippen molar-refractivity contribution >= 4 is 63.8 Å². The van der Waals surface area contributed by atoms with Gasteiger partial charge in [-0.15, -0.1) is 11.3 Å². The molecular weight excluding hydrogens is 753 g/mol. The van der Waals surface area contributed by atoms with E-state index in [4.69, 9.17) is 0 Å². The lowest BCUT2D eigenvalue weighted by atomic mass is 9.79. The average Bonchev–Trinajstić information content (AvgIpc) is 3.85. The zero-order valence-corrected chi connectivity index (χ0v) is 35.5. The number of thiophene rings is 1. The zero-order chi connectivity index (χ0) is 40.8. The lowest BCUT2D eigenvalue weighted by molar-refractivity contribution is 0.660. The predicted molar refractivity (Wildman–Crippen MR) is 263 cm³/mol. The first-order valence-corrected chi connectivity index (χ1v) is 22.4. The summed E-state index contributed by atoms with van der Waals surface area (Å²) in [5.41, 5.74) is 18.5. The standard InChI is InChI=1S/C60H42S/c1-59(2)50-29-27-38(46-34-53-57(48-30-36-18-8-9-19-37(36)33-52(48)61-53)58-56(46)45-24-14-15-25-49(45)60(58,3)4)31-47(50)40-28-26-39(32-51(40)59)55-43-22-12-10-20-41(43)54(35-16-6-5-7-17-35)42-21-11-13-23-44(42)55/h5-34H,1-4H3. The van der Waals surface area contributed by atoms with Crippen LogP contribution in [0.5, 0.6) is 0 Å². The van der Waals surface area contributed by atoms with E-state index in [-0.39, 0.29) is 10.8 Å². The van der Waals surface area contributed by atoms with E-state index in [1.807, 2.05) is 11.3 Å². The molecule has 0 nitrogen and oxygen atoms in total. The van der Waals surface area contributed by atoms with Crippen molar-refractivity contribution in [2.24, 2.45) is 0 Å². The van der Waals surface area contributed by atoms with Gasteiger partial charge >= 0.3 is 0 Å². The van der Waals surface area contributed by atoms with Crippen molar-refractivity contribution < 1.29 is 0 Å². The van der Waals surface area contributed by atoms with Gasteiger partial charge in [0, 0.05) is 31.0 Å². The van der Waals surface area contributed by atoms with Crippen LogP contribution < -0.4 is 0 Å². The second-order valence-corrected chi connectivity index (χ2v) is 19.5. The molecule has 0 unspecified atom stereocenters. The topological polar surface area (TPSA) is 0 Å². The Morgan fingerprint density at radius 3 is 1.64 bits per heavy atom. The van der Waals surface area contributed by atoms with Gasteiger partial charge in [0.15, 0.2) is 0 Å². The molecule has 0 atom stereocenters. The molecule has 13 rings (SSSR count). The number of fused-ring (bicyclic) bond motifs is 13. The molecule has 0 saturated heterocycles. The van der Waals surface area contributed by atoms with Gasteiger partial charge in [-0.3, -0.25) is 0 Å². The third-order valence-corrected chi connectivity index (χ3v) is 15.5. The maximum Gasteiger partial charge on any atom is 0.0365 e. The maximum absolute atomic E-state index is 2.52. The van der Waals surface area contributed by atoms with Crippen molar-refractivity contribution in [3.05, 3.63) is 204 Å². The Morgan fingerprint density at radius 1 is 0.328 bits per heavy atom. The van der Waals surface area contributed by atoms with Crippen LogP contribution in [0.25, 0.3) is 108 Å². The molecule has 0 amide bonds. The second kappa shape index (κ2) is 12.4. The Hall–Kier alpha value is -6.80. The van der Waals surface area contributed by atoms with Gasteiger partial charge in [0.05, 0.1) is 0 Å². The van der Waals surface area contributed by atoms with Crippen LogP contribution in [0.15, 0.2) is 182 Å². The molecule has 1 heterocycles. The summed E-state index contributed by atoms with van der Waals surface area (Å²) in [4.78, 5) is 0. The molecule has 0 fully saturated rings. The van der Waals surface area contributed by atoms with Crippen molar-refractivity contribution in [1.82, 2.24) is 0 Å². The highest BCUT2D eigenvalue weighted by molar-refractivity contribution is 7.26. The smallest absolute Gasteiger partial charge is 0.0365 e. The van der Waals surface area contributed by atoms with Gasteiger partial charge < -0.3 is 0 Å². The molecule has 0 bridgehead atoms. The van der Waals surface area contributed by atoms with Crippen molar-refractivity contribution in [1.29, 1.82) is 0 Å². The van der Waals surface area contributed by atoms with E-state index in [0.717, 1.165) is 0 Å². The minimum Gasteiger partial charge on any atom is -0.135 e. The summed E-state index contributed by atoms with van der Waals surface area (Å²) in [6.45, 7) is 9.71. The zero-order valence-electron chi connectivity index (χ0n) is 34.7. The number of rotatable bonds is 3. The molecule has 61 heavy (non-hydrogen) atoms. The van der Waals surface area contributed by atoms with Gasteiger partial charge in [0.25, 0.3) is 0 Å². The van der Waals surface area contributed by atoms with Crippen molar-refractivity contribution in [2.45, 2.75) is 38.5 Å². The summed E-state index contributed by atoms with van der Waals surface area (Å²) in [5.74, 6) is 0. The van der Waals surface area contributed by atoms with Gasteiger partial charge in [-0.05, 0) is 141 Å². The first-order valence-electron chi connectivity index (χ1n) is 21.6. The molecule has 11 aromatic rings. The molecule has 1 heteroatoms. The predicted octanol–water partition coefficient (Wildman–Crippen LogP) is 17.1. The summed E-state index contributed by atoms with van der Waals surface area (Å²) in [6, 6.07) is 68.9. The number of hydrogen-bond acceptors (Lipinski definition) is 1.